The summed E-state index contributed by atoms with van der Waals surface area (Å²) in [5.41, 5.74) is 3.00. The lowest BCUT2D eigenvalue weighted by Gasteiger charge is -2.17. The summed E-state index contributed by atoms with van der Waals surface area (Å²) in [7, 11) is 1.58. The number of carbonyl (C=O) groups excluding carboxylic acids is 2. The molecule has 0 spiro atoms. The molecule has 0 aromatic heterocycles. The lowest BCUT2D eigenvalue weighted by molar-refractivity contribution is -0.144. The van der Waals surface area contributed by atoms with E-state index in [2.05, 4.69) is 5.32 Å². The Kier molecular flexibility index (Phi) is 7.62. The topological polar surface area (TPSA) is 64.6 Å². The highest BCUT2D eigenvalue weighted by molar-refractivity contribution is 5.89. The van der Waals surface area contributed by atoms with Gasteiger partial charge in [-0.2, -0.15) is 0 Å². The predicted molar refractivity (Wildman–Crippen MR) is 105 cm³/mol. The van der Waals surface area contributed by atoms with Crippen LogP contribution in [0.15, 0.2) is 54.6 Å². The Balaban J connectivity index is 1.83. The van der Waals surface area contributed by atoms with Crippen LogP contribution in [0.2, 0.25) is 0 Å². The molecule has 1 atom stereocenters. The monoisotopic (exact) mass is 367 g/mol. The van der Waals surface area contributed by atoms with E-state index >= 15 is 0 Å². The van der Waals surface area contributed by atoms with Crippen LogP contribution < -0.4 is 10.1 Å². The van der Waals surface area contributed by atoms with Gasteiger partial charge in [-0.1, -0.05) is 48.9 Å². The van der Waals surface area contributed by atoms with Gasteiger partial charge in [-0.3, -0.25) is 4.79 Å². The number of hydrogen-bond acceptors (Lipinski definition) is 4. The van der Waals surface area contributed by atoms with Crippen LogP contribution in [0, 0.1) is 6.92 Å². The summed E-state index contributed by atoms with van der Waals surface area (Å²) >= 11 is 0. The van der Waals surface area contributed by atoms with E-state index in [-0.39, 0.29) is 18.6 Å². The molecule has 2 rings (SSSR count). The van der Waals surface area contributed by atoms with E-state index in [0.717, 1.165) is 23.1 Å². The Labute approximate surface area is 160 Å². The van der Waals surface area contributed by atoms with Crippen LogP contribution in [0.5, 0.6) is 5.75 Å². The first-order valence-corrected chi connectivity index (χ1v) is 8.86. The van der Waals surface area contributed by atoms with Gasteiger partial charge in [-0.25, -0.2) is 4.79 Å². The van der Waals surface area contributed by atoms with E-state index in [1.54, 1.807) is 19.3 Å². The molecule has 0 aliphatic heterocycles. The van der Waals surface area contributed by atoms with Gasteiger partial charge in [0, 0.05) is 6.08 Å². The number of rotatable bonds is 8. The molecule has 2 aromatic rings. The highest BCUT2D eigenvalue weighted by Gasteiger charge is 2.13. The summed E-state index contributed by atoms with van der Waals surface area (Å²) in [6.45, 7) is 3.69. The van der Waals surface area contributed by atoms with Gasteiger partial charge >= 0.3 is 5.97 Å². The molecule has 0 bridgehead atoms. The average Bonchev–Trinajstić information content (AvgIpc) is 2.69. The molecule has 1 N–H and O–H groups in total. The number of methoxy groups -OCH3 is 1. The second-order valence-electron chi connectivity index (χ2n) is 6.16. The van der Waals surface area contributed by atoms with E-state index in [4.69, 9.17) is 9.47 Å². The maximum absolute atomic E-state index is 12.1. The number of carbonyl (C=O) groups is 2. The molecule has 5 heteroatoms. The van der Waals surface area contributed by atoms with Gasteiger partial charge in [0.15, 0.2) is 6.61 Å². The maximum Gasteiger partial charge on any atom is 0.331 e. The van der Waals surface area contributed by atoms with Crippen LogP contribution in [-0.4, -0.2) is 25.6 Å². The van der Waals surface area contributed by atoms with Crippen molar-refractivity contribution >= 4 is 18.0 Å². The SMILES string of the molecule is CC[C@H](NC(=O)COC(=O)/C=C/c1cccc(OC)c1)c1ccc(C)cc1. The fourth-order valence-electron chi connectivity index (χ4n) is 2.55. The predicted octanol–water partition coefficient (Wildman–Crippen LogP) is 3.83. The van der Waals surface area contributed by atoms with Crippen molar-refractivity contribution in [3.63, 3.8) is 0 Å². The van der Waals surface area contributed by atoms with Gasteiger partial charge in [-0.05, 0) is 42.7 Å². The molecule has 0 aliphatic rings. The van der Waals surface area contributed by atoms with E-state index in [1.807, 2.05) is 56.3 Å². The van der Waals surface area contributed by atoms with Crippen molar-refractivity contribution in [3.05, 3.63) is 71.3 Å². The van der Waals surface area contributed by atoms with Crippen LogP contribution in [0.1, 0.15) is 36.1 Å². The molecular formula is C22H25NO4. The summed E-state index contributed by atoms with van der Waals surface area (Å²) in [4.78, 5) is 23.9. The molecule has 1 amide bonds. The summed E-state index contributed by atoms with van der Waals surface area (Å²) in [6, 6.07) is 15.2. The molecule has 27 heavy (non-hydrogen) atoms. The van der Waals surface area contributed by atoms with E-state index < -0.39 is 5.97 Å². The van der Waals surface area contributed by atoms with Crippen molar-refractivity contribution in [3.8, 4) is 5.75 Å². The number of amides is 1. The highest BCUT2D eigenvalue weighted by atomic mass is 16.5. The van der Waals surface area contributed by atoms with Crippen molar-refractivity contribution in [2.75, 3.05) is 13.7 Å². The maximum atomic E-state index is 12.1. The summed E-state index contributed by atoms with van der Waals surface area (Å²) in [5.74, 6) is -0.200. The molecular weight excluding hydrogens is 342 g/mol. The summed E-state index contributed by atoms with van der Waals surface area (Å²) in [6.07, 6.45) is 3.65. The van der Waals surface area contributed by atoms with Crippen LogP contribution in [0.3, 0.4) is 0 Å². The average molecular weight is 367 g/mol. The third-order valence-corrected chi connectivity index (χ3v) is 4.07. The summed E-state index contributed by atoms with van der Waals surface area (Å²) < 4.78 is 10.1. The first-order valence-electron chi connectivity index (χ1n) is 8.86. The Morgan fingerprint density at radius 1 is 1.15 bits per heavy atom. The number of nitrogens with one attached hydrogen (secondary N) is 1. The van der Waals surface area contributed by atoms with Crippen molar-refractivity contribution in [2.24, 2.45) is 0 Å². The van der Waals surface area contributed by atoms with Crippen molar-refractivity contribution in [2.45, 2.75) is 26.3 Å². The van der Waals surface area contributed by atoms with Crippen molar-refractivity contribution in [1.29, 1.82) is 0 Å². The second kappa shape index (κ2) is 10.2. The lowest BCUT2D eigenvalue weighted by Crippen LogP contribution is -2.32. The first kappa shape index (κ1) is 20.2. The van der Waals surface area contributed by atoms with Crippen LogP contribution in [-0.2, 0) is 14.3 Å². The van der Waals surface area contributed by atoms with Crippen LogP contribution in [0.4, 0.5) is 0 Å². The molecule has 0 heterocycles. The minimum atomic E-state index is -0.573. The molecule has 0 radical (unpaired) electrons. The zero-order valence-electron chi connectivity index (χ0n) is 15.9. The Hall–Kier alpha value is -3.08. The summed E-state index contributed by atoms with van der Waals surface area (Å²) in [5, 5.41) is 2.89. The molecule has 5 nitrogen and oxygen atoms in total. The highest BCUT2D eigenvalue weighted by Crippen LogP contribution is 2.17. The standard InChI is InChI=1S/C22H25NO4/c1-4-20(18-11-8-16(2)9-12-18)23-21(24)15-27-22(25)13-10-17-6-5-7-19(14-17)26-3/h5-14,20H,4,15H2,1-3H3,(H,23,24)/b13-10+/t20-/m0/s1. The molecule has 2 aromatic carbocycles. The van der Waals surface area contributed by atoms with E-state index in [0.29, 0.717) is 5.75 Å². The van der Waals surface area contributed by atoms with Gasteiger partial charge in [0.2, 0.25) is 0 Å². The van der Waals surface area contributed by atoms with Crippen LogP contribution in [0.25, 0.3) is 6.08 Å². The van der Waals surface area contributed by atoms with Gasteiger partial charge in [0.1, 0.15) is 5.75 Å². The third-order valence-electron chi connectivity index (χ3n) is 4.07. The fraction of sp³-hybridized carbons (Fsp3) is 0.273. The van der Waals surface area contributed by atoms with E-state index in [9.17, 15) is 9.59 Å². The van der Waals surface area contributed by atoms with Crippen LogP contribution >= 0.6 is 0 Å². The molecule has 0 saturated heterocycles. The van der Waals surface area contributed by atoms with Crippen molar-refractivity contribution in [1.82, 2.24) is 5.32 Å². The molecule has 0 saturated carbocycles. The van der Waals surface area contributed by atoms with Gasteiger partial charge in [0.25, 0.3) is 5.91 Å². The molecule has 142 valence electrons. The Bertz CT molecular complexity index is 796. The van der Waals surface area contributed by atoms with Gasteiger partial charge < -0.3 is 14.8 Å². The van der Waals surface area contributed by atoms with Crippen molar-refractivity contribution < 1.29 is 19.1 Å². The Morgan fingerprint density at radius 3 is 2.56 bits per heavy atom. The lowest BCUT2D eigenvalue weighted by atomic mass is 10.0. The number of ether oxygens (including phenoxy) is 2. The second-order valence-corrected chi connectivity index (χ2v) is 6.16. The Morgan fingerprint density at radius 2 is 1.89 bits per heavy atom. The molecule has 0 aliphatic carbocycles. The first-order chi connectivity index (χ1) is 13.0. The zero-order valence-corrected chi connectivity index (χ0v) is 15.9. The smallest absolute Gasteiger partial charge is 0.331 e. The van der Waals surface area contributed by atoms with Gasteiger partial charge in [-0.15, -0.1) is 0 Å². The van der Waals surface area contributed by atoms with Gasteiger partial charge in [0.05, 0.1) is 13.2 Å². The normalized spacial score (nSPS) is 11.8. The third kappa shape index (κ3) is 6.62. The number of hydrogen-bond donors (Lipinski definition) is 1. The number of benzene rings is 2. The zero-order chi connectivity index (χ0) is 19.6. The fourth-order valence-corrected chi connectivity index (χ4v) is 2.55. The molecule has 0 unspecified atom stereocenters. The van der Waals surface area contributed by atoms with E-state index in [1.165, 1.54) is 6.08 Å². The number of esters is 1. The quantitative estimate of drug-likeness (QED) is 0.569. The molecule has 0 fully saturated rings. The minimum absolute atomic E-state index is 0.107. The minimum Gasteiger partial charge on any atom is -0.497 e. The number of aryl methyl sites for hydroxylation is 1. The largest absolute Gasteiger partial charge is 0.497 e.